The highest BCUT2D eigenvalue weighted by Crippen LogP contribution is 2.05. The average Bonchev–Trinajstić information content (AvgIpc) is 2.28. The molecule has 82 valence electrons. The maximum absolute atomic E-state index is 4.48. The first-order valence-corrected chi connectivity index (χ1v) is 5.58. The summed E-state index contributed by atoms with van der Waals surface area (Å²) in [7, 11) is 0. The van der Waals surface area contributed by atoms with Crippen LogP contribution < -0.4 is 0 Å². The molecule has 0 N–H and O–H groups in total. The van der Waals surface area contributed by atoms with Crippen LogP contribution in [0.3, 0.4) is 0 Å². The van der Waals surface area contributed by atoms with E-state index >= 15 is 0 Å². The van der Waals surface area contributed by atoms with E-state index in [-0.39, 0.29) is 0 Å². The largest absolute Gasteiger partial charge is 0.261 e. The molecule has 16 heavy (non-hydrogen) atoms. The molecule has 0 atom stereocenters. The summed E-state index contributed by atoms with van der Waals surface area (Å²) in [5.41, 5.74) is 4.56. The molecule has 0 aliphatic carbocycles. The van der Waals surface area contributed by atoms with Gasteiger partial charge < -0.3 is 0 Å². The Kier molecular flexibility index (Phi) is 3.30. The smallest absolute Gasteiger partial charge is 0.0410 e. The third-order valence-electron chi connectivity index (χ3n) is 2.56. The van der Waals surface area contributed by atoms with Crippen LogP contribution in [0.1, 0.15) is 22.6 Å². The fourth-order valence-corrected chi connectivity index (χ4v) is 1.64. The van der Waals surface area contributed by atoms with Gasteiger partial charge in [-0.25, -0.2) is 0 Å². The van der Waals surface area contributed by atoms with Crippen LogP contribution >= 0.6 is 0 Å². The number of pyridine rings is 2. The SMILES string of the molecule is Cc1ccc(CCc2cccc(C)n2)nc1. The predicted molar refractivity (Wildman–Crippen MR) is 65.4 cm³/mol. The number of aromatic nitrogens is 2. The molecule has 0 fully saturated rings. The van der Waals surface area contributed by atoms with Gasteiger partial charge >= 0.3 is 0 Å². The number of nitrogens with zero attached hydrogens (tertiary/aromatic N) is 2. The lowest BCUT2D eigenvalue weighted by atomic mass is 10.1. The topological polar surface area (TPSA) is 25.8 Å². The summed E-state index contributed by atoms with van der Waals surface area (Å²) >= 11 is 0. The van der Waals surface area contributed by atoms with E-state index < -0.39 is 0 Å². The lowest BCUT2D eigenvalue weighted by Crippen LogP contribution is -1.97. The van der Waals surface area contributed by atoms with Crippen LogP contribution in [0.2, 0.25) is 0 Å². The second-order valence-corrected chi connectivity index (χ2v) is 4.10. The van der Waals surface area contributed by atoms with Crippen LogP contribution in [0, 0.1) is 13.8 Å². The van der Waals surface area contributed by atoms with Gasteiger partial charge in [0.15, 0.2) is 0 Å². The van der Waals surface area contributed by atoms with Crippen molar-refractivity contribution in [2.75, 3.05) is 0 Å². The van der Waals surface area contributed by atoms with Crippen molar-refractivity contribution in [2.45, 2.75) is 26.7 Å². The van der Waals surface area contributed by atoms with Gasteiger partial charge in [-0.15, -0.1) is 0 Å². The van der Waals surface area contributed by atoms with E-state index in [0.717, 1.165) is 29.9 Å². The van der Waals surface area contributed by atoms with Crippen LogP contribution in [0.4, 0.5) is 0 Å². The van der Waals surface area contributed by atoms with E-state index in [4.69, 9.17) is 0 Å². The third-order valence-corrected chi connectivity index (χ3v) is 2.56. The normalized spacial score (nSPS) is 10.4. The Morgan fingerprint density at radius 3 is 2.44 bits per heavy atom. The van der Waals surface area contributed by atoms with Crippen molar-refractivity contribution in [3.63, 3.8) is 0 Å². The maximum Gasteiger partial charge on any atom is 0.0410 e. The zero-order valence-electron chi connectivity index (χ0n) is 9.77. The van der Waals surface area contributed by atoms with Crippen LogP contribution in [-0.4, -0.2) is 9.97 Å². The molecular weight excluding hydrogens is 196 g/mol. The highest BCUT2D eigenvalue weighted by atomic mass is 14.7. The summed E-state index contributed by atoms with van der Waals surface area (Å²) in [4.78, 5) is 8.87. The van der Waals surface area contributed by atoms with E-state index in [1.165, 1.54) is 5.56 Å². The van der Waals surface area contributed by atoms with Crippen molar-refractivity contribution in [3.05, 3.63) is 59.2 Å². The molecular formula is C14H16N2. The first kappa shape index (κ1) is 10.8. The van der Waals surface area contributed by atoms with Crippen molar-refractivity contribution in [3.8, 4) is 0 Å². The first-order chi connectivity index (χ1) is 7.74. The Bertz CT molecular complexity index is 460. The molecule has 2 aromatic rings. The molecule has 0 saturated heterocycles. The van der Waals surface area contributed by atoms with E-state index in [2.05, 4.69) is 41.2 Å². The Morgan fingerprint density at radius 2 is 1.75 bits per heavy atom. The van der Waals surface area contributed by atoms with E-state index in [9.17, 15) is 0 Å². The lowest BCUT2D eigenvalue weighted by molar-refractivity contribution is 0.871. The minimum absolute atomic E-state index is 0.955. The van der Waals surface area contributed by atoms with E-state index in [1.54, 1.807) is 0 Å². The average molecular weight is 212 g/mol. The Morgan fingerprint density at radius 1 is 0.938 bits per heavy atom. The molecule has 0 unspecified atom stereocenters. The lowest BCUT2D eigenvalue weighted by Gasteiger charge is -2.02. The fourth-order valence-electron chi connectivity index (χ4n) is 1.64. The second kappa shape index (κ2) is 4.88. The summed E-state index contributed by atoms with van der Waals surface area (Å²) in [5, 5.41) is 0. The molecule has 2 heteroatoms. The number of hydrogen-bond donors (Lipinski definition) is 0. The highest BCUT2D eigenvalue weighted by molar-refractivity contribution is 5.15. The van der Waals surface area contributed by atoms with E-state index in [0.29, 0.717) is 0 Å². The minimum Gasteiger partial charge on any atom is -0.261 e. The quantitative estimate of drug-likeness (QED) is 0.781. The molecule has 0 spiro atoms. The minimum atomic E-state index is 0.955. The molecule has 0 bridgehead atoms. The first-order valence-electron chi connectivity index (χ1n) is 5.58. The molecule has 2 heterocycles. The van der Waals surface area contributed by atoms with Gasteiger partial charge in [0.25, 0.3) is 0 Å². The van der Waals surface area contributed by atoms with Crippen molar-refractivity contribution in [1.82, 2.24) is 9.97 Å². The molecule has 0 saturated carbocycles. The zero-order chi connectivity index (χ0) is 11.4. The van der Waals surface area contributed by atoms with Gasteiger partial charge in [0.1, 0.15) is 0 Å². The summed E-state index contributed by atoms with van der Waals surface area (Å²) in [6, 6.07) is 10.3. The van der Waals surface area contributed by atoms with Gasteiger partial charge in [-0.1, -0.05) is 12.1 Å². The zero-order valence-corrected chi connectivity index (χ0v) is 9.77. The second-order valence-electron chi connectivity index (χ2n) is 4.10. The monoisotopic (exact) mass is 212 g/mol. The van der Waals surface area contributed by atoms with Gasteiger partial charge in [0.05, 0.1) is 0 Å². The van der Waals surface area contributed by atoms with Crippen LogP contribution in [0.15, 0.2) is 36.5 Å². The molecule has 0 aliphatic heterocycles. The summed E-state index contributed by atoms with van der Waals surface area (Å²) < 4.78 is 0. The Balaban J connectivity index is 1.99. The van der Waals surface area contributed by atoms with Crippen LogP contribution in [-0.2, 0) is 12.8 Å². The maximum atomic E-state index is 4.48. The predicted octanol–water partition coefficient (Wildman–Crippen LogP) is 2.88. The summed E-state index contributed by atoms with van der Waals surface area (Å²) in [5.74, 6) is 0. The van der Waals surface area contributed by atoms with Gasteiger partial charge in [-0.3, -0.25) is 9.97 Å². The molecule has 2 aromatic heterocycles. The van der Waals surface area contributed by atoms with Gasteiger partial charge in [-0.2, -0.15) is 0 Å². The van der Waals surface area contributed by atoms with Crippen molar-refractivity contribution in [2.24, 2.45) is 0 Å². The van der Waals surface area contributed by atoms with E-state index in [1.807, 2.05) is 19.2 Å². The van der Waals surface area contributed by atoms with Gasteiger partial charge in [0, 0.05) is 23.3 Å². The summed E-state index contributed by atoms with van der Waals surface area (Å²) in [6.45, 7) is 4.08. The Hall–Kier alpha value is -1.70. The molecule has 0 aliphatic rings. The number of aryl methyl sites for hydroxylation is 4. The molecule has 2 nitrogen and oxygen atoms in total. The van der Waals surface area contributed by atoms with Crippen molar-refractivity contribution < 1.29 is 0 Å². The van der Waals surface area contributed by atoms with Crippen molar-refractivity contribution >= 4 is 0 Å². The standard InChI is InChI=1S/C14H16N2/c1-11-6-7-13(15-10-11)8-9-14-5-3-4-12(2)16-14/h3-7,10H,8-9H2,1-2H3. The molecule has 0 amide bonds. The van der Waals surface area contributed by atoms with Gasteiger partial charge in [-0.05, 0) is 50.5 Å². The van der Waals surface area contributed by atoms with Crippen LogP contribution in [0.25, 0.3) is 0 Å². The third kappa shape index (κ3) is 2.89. The molecule has 0 radical (unpaired) electrons. The fraction of sp³-hybridized carbons (Fsp3) is 0.286. The number of hydrogen-bond acceptors (Lipinski definition) is 2. The summed E-state index contributed by atoms with van der Waals surface area (Å²) in [6.07, 6.45) is 3.83. The number of rotatable bonds is 3. The Labute approximate surface area is 96.4 Å². The molecule has 0 aromatic carbocycles. The highest BCUT2D eigenvalue weighted by Gasteiger charge is 1.98. The molecule has 2 rings (SSSR count). The van der Waals surface area contributed by atoms with Crippen molar-refractivity contribution in [1.29, 1.82) is 0 Å². The van der Waals surface area contributed by atoms with Gasteiger partial charge in [0.2, 0.25) is 0 Å². The van der Waals surface area contributed by atoms with Crippen LogP contribution in [0.5, 0.6) is 0 Å².